The summed E-state index contributed by atoms with van der Waals surface area (Å²) in [4.78, 5) is 27.3. The van der Waals surface area contributed by atoms with Gasteiger partial charge in [0, 0.05) is 18.7 Å². The van der Waals surface area contributed by atoms with Crippen LogP contribution in [0.5, 0.6) is 0 Å². The number of likely N-dealkylation sites (tertiary alicyclic amines) is 1. The first-order chi connectivity index (χ1) is 14.0. The lowest BCUT2D eigenvalue weighted by Crippen LogP contribution is -2.28. The van der Waals surface area contributed by atoms with Gasteiger partial charge in [-0.1, -0.05) is 35.3 Å². The lowest BCUT2D eigenvalue weighted by Gasteiger charge is -2.17. The molecule has 1 N–H and O–H groups in total. The average Bonchev–Trinajstić information content (AvgIpc) is 3.42. The van der Waals surface area contributed by atoms with Crippen molar-refractivity contribution < 1.29 is 14.0 Å². The number of rotatable bonds is 4. The fourth-order valence-electron chi connectivity index (χ4n) is 3.32. The monoisotopic (exact) mass is 428 g/mol. The van der Waals surface area contributed by atoms with Crippen molar-refractivity contribution >= 4 is 40.7 Å². The van der Waals surface area contributed by atoms with Gasteiger partial charge in [-0.3, -0.25) is 9.59 Å². The van der Waals surface area contributed by atoms with Gasteiger partial charge in [0.05, 0.1) is 21.3 Å². The van der Waals surface area contributed by atoms with E-state index in [1.807, 2.05) is 0 Å². The Kier molecular flexibility index (Phi) is 5.60. The van der Waals surface area contributed by atoms with Crippen molar-refractivity contribution in [2.75, 3.05) is 18.4 Å². The molecular weight excluding hydrogens is 411 g/mol. The summed E-state index contributed by atoms with van der Waals surface area (Å²) in [6.45, 7) is 1.48. The van der Waals surface area contributed by atoms with Crippen LogP contribution in [0.4, 0.5) is 5.69 Å². The van der Waals surface area contributed by atoms with E-state index in [4.69, 9.17) is 27.6 Å². The number of hydrogen-bond donors (Lipinski definition) is 1. The van der Waals surface area contributed by atoms with Gasteiger partial charge in [0.15, 0.2) is 5.76 Å². The fraction of sp³-hybridized carbons (Fsp3) is 0.182. The van der Waals surface area contributed by atoms with Gasteiger partial charge in [-0.25, -0.2) is 0 Å². The highest BCUT2D eigenvalue weighted by Crippen LogP contribution is 2.30. The molecule has 7 heteroatoms. The first-order valence-corrected chi connectivity index (χ1v) is 10.0. The smallest absolute Gasteiger partial charge is 0.291 e. The van der Waals surface area contributed by atoms with E-state index in [0.717, 1.165) is 25.9 Å². The van der Waals surface area contributed by atoms with Crippen LogP contribution in [-0.2, 0) is 0 Å². The van der Waals surface area contributed by atoms with Gasteiger partial charge in [-0.2, -0.15) is 0 Å². The van der Waals surface area contributed by atoms with E-state index in [-0.39, 0.29) is 11.7 Å². The number of nitrogens with zero attached hydrogens (tertiary/aromatic N) is 1. The molecule has 0 unspecified atom stereocenters. The summed E-state index contributed by atoms with van der Waals surface area (Å²) in [5.41, 5.74) is 1.64. The zero-order chi connectivity index (χ0) is 20.4. The summed E-state index contributed by atoms with van der Waals surface area (Å²) in [7, 11) is 0. The van der Waals surface area contributed by atoms with Crippen LogP contribution in [0.15, 0.2) is 59.0 Å². The highest BCUT2D eigenvalue weighted by atomic mass is 35.5. The van der Waals surface area contributed by atoms with Crippen molar-refractivity contribution in [1.82, 2.24) is 4.90 Å². The summed E-state index contributed by atoms with van der Waals surface area (Å²) in [5.74, 6) is 0.122. The van der Waals surface area contributed by atoms with Crippen molar-refractivity contribution in [3.8, 4) is 11.3 Å². The molecule has 1 aliphatic rings. The molecule has 2 aromatic carbocycles. The van der Waals surface area contributed by atoms with Crippen LogP contribution in [0.25, 0.3) is 11.3 Å². The highest BCUT2D eigenvalue weighted by molar-refractivity contribution is 6.42. The van der Waals surface area contributed by atoms with E-state index >= 15 is 0 Å². The third kappa shape index (κ3) is 4.16. The number of hydrogen-bond acceptors (Lipinski definition) is 3. The van der Waals surface area contributed by atoms with E-state index in [0.29, 0.717) is 32.6 Å². The van der Waals surface area contributed by atoms with E-state index in [2.05, 4.69) is 5.32 Å². The summed E-state index contributed by atoms with van der Waals surface area (Å²) >= 11 is 12.0. The number of carbonyl (C=O) groups is 2. The Morgan fingerprint density at radius 2 is 1.69 bits per heavy atom. The van der Waals surface area contributed by atoms with Crippen LogP contribution in [0, 0.1) is 0 Å². The van der Waals surface area contributed by atoms with Gasteiger partial charge >= 0.3 is 0 Å². The molecule has 1 aliphatic heterocycles. The topological polar surface area (TPSA) is 62.6 Å². The number of nitrogens with one attached hydrogen (secondary N) is 1. The molecule has 2 amide bonds. The molecule has 0 saturated carbocycles. The second-order valence-corrected chi connectivity index (χ2v) is 7.61. The maximum atomic E-state index is 12.8. The van der Waals surface area contributed by atoms with Crippen molar-refractivity contribution in [2.45, 2.75) is 12.8 Å². The van der Waals surface area contributed by atoms with Gasteiger partial charge in [-0.15, -0.1) is 0 Å². The van der Waals surface area contributed by atoms with Gasteiger partial charge in [0.1, 0.15) is 5.76 Å². The zero-order valence-corrected chi connectivity index (χ0v) is 17.0. The van der Waals surface area contributed by atoms with Gasteiger partial charge in [-0.05, 0) is 55.3 Å². The lowest BCUT2D eigenvalue weighted by atomic mass is 10.1. The van der Waals surface area contributed by atoms with Crippen LogP contribution >= 0.6 is 23.2 Å². The Bertz CT molecular complexity index is 1070. The molecule has 1 saturated heterocycles. The molecule has 0 bridgehead atoms. The minimum atomic E-state index is -0.432. The molecule has 2 heterocycles. The van der Waals surface area contributed by atoms with Crippen LogP contribution in [0.2, 0.25) is 10.0 Å². The van der Waals surface area contributed by atoms with Gasteiger partial charge in [0.25, 0.3) is 11.8 Å². The van der Waals surface area contributed by atoms with E-state index in [1.54, 1.807) is 59.5 Å². The molecule has 0 atom stereocenters. The molecule has 4 rings (SSSR count). The summed E-state index contributed by atoms with van der Waals surface area (Å²) in [6.07, 6.45) is 2.01. The van der Waals surface area contributed by atoms with E-state index in [9.17, 15) is 9.59 Å². The largest absolute Gasteiger partial charge is 0.451 e. The van der Waals surface area contributed by atoms with Crippen molar-refractivity contribution in [3.05, 3.63) is 76.0 Å². The molecule has 1 fully saturated rings. The van der Waals surface area contributed by atoms with E-state index < -0.39 is 5.91 Å². The van der Waals surface area contributed by atoms with E-state index in [1.165, 1.54) is 0 Å². The molecule has 3 aromatic rings. The number of anilines is 1. The van der Waals surface area contributed by atoms with Crippen LogP contribution in [-0.4, -0.2) is 29.8 Å². The minimum Gasteiger partial charge on any atom is -0.451 e. The Balaban J connectivity index is 1.54. The Morgan fingerprint density at radius 1 is 0.931 bits per heavy atom. The number of furan rings is 1. The van der Waals surface area contributed by atoms with Gasteiger partial charge in [0.2, 0.25) is 0 Å². The highest BCUT2D eigenvalue weighted by Gasteiger charge is 2.23. The predicted octanol–water partition coefficient (Wildman–Crippen LogP) is 5.74. The second-order valence-electron chi connectivity index (χ2n) is 6.79. The Morgan fingerprint density at radius 3 is 2.45 bits per heavy atom. The molecule has 148 valence electrons. The Hall–Kier alpha value is -2.76. The Labute approximate surface area is 178 Å². The van der Waals surface area contributed by atoms with Crippen LogP contribution < -0.4 is 5.32 Å². The van der Waals surface area contributed by atoms with Crippen molar-refractivity contribution in [1.29, 1.82) is 0 Å². The third-order valence-electron chi connectivity index (χ3n) is 4.83. The zero-order valence-electron chi connectivity index (χ0n) is 15.5. The van der Waals surface area contributed by atoms with Crippen LogP contribution in [0.3, 0.4) is 0 Å². The van der Waals surface area contributed by atoms with Crippen molar-refractivity contribution in [2.24, 2.45) is 0 Å². The number of para-hydroxylation sites is 1. The fourth-order valence-corrected chi connectivity index (χ4v) is 3.62. The molecule has 0 spiro atoms. The molecular formula is C22H18Cl2N2O3. The third-order valence-corrected chi connectivity index (χ3v) is 5.57. The minimum absolute atomic E-state index is 0.0747. The SMILES string of the molecule is O=C(Nc1ccccc1C(=O)N1CCCC1)c1ccc(-c2ccc(Cl)c(Cl)c2)o1. The predicted molar refractivity (Wildman–Crippen MR) is 114 cm³/mol. The summed E-state index contributed by atoms with van der Waals surface area (Å²) in [5, 5.41) is 3.64. The molecule has 0 aliphatic carbocycles. The quantitative estimate of drug-likeness (QED) is 0.575. The molecule has 0 radical (unpaired) electrons. The van der Waals surface area contributed by atoms with Crippen molar-refractivity contribution in [3.63, 3.8) is 0 Å². The maximum absolute atomic E-state index is 12.8. The molecule has 29 heavy (non-hydrogen) atoms. The average molecular weight is 429 g/mol. The normalized spacial score (nSPS) is 13.5. The number of halogens is 2. The maximum Gasteiger partial charge on any atom is 0.291 e. The number of amides is 2. The molecule has 5 nitrogen and oxygen atoms in total. The summed E-state index contributed by atoms with van der Waals surface area (Å²) < 4.78 is 5.69. The lowest BCUT2D eigenvalue weighted by molar-refractivity contribution is 0.0794. The standard InChI is InChI=1S/C22H18Cl2N2O3/c23-16-8-7-14(13-17(16)24)19-9-10-20(29-19)21(27)25-18-6-2-1-5-15(18)22(28)26-11-3-4-12-26/h1-2,5-10,13H,3-4,11-12H2,(H,25,27). The van der Waals surface area contributed by atoms with Gasteiger partial charge < -0.3 is 14.6 Å². The second kappa shape index (κ2) is 8.31. The first kappa shape index (κ1) is 19.6. The first-order valence-electron chi connectivity index (χ1n) is 9.28. The molecule has 1 aromatic heterocycles. The van der Waals surface area contributed by atoms with Crippen LogP contribution in [0.1, 0.15) is 33.8 Å². The number of carbonyl (C=O) groups excluding carboxylic acids is 2. The summed E-state index contributed by atoms with van der Waals surface area (Å²) in [6, 6.07) is 15.4. The number of benzene rings is 2.